The molecule has 1 aromatic rings. The molecule has 1 aliphatic heterocycles. The van der Waals surface area contributed by atoms with E-state index in [1.165, 1.54) is 29.5 Å². The number of likely N-dealkylation sites (tertiary alicyclic amines) is 1. The molecule has 1 heterocycles. The van der Waals surface area contributed by atoms with E-state index in [4.69, 9.17) is 4.74 Å². The topological polar surface area (TPSA) is 91.2 Å². The molecule has 34 heavy (non-hydrogen) atoms. The number of carboxylic acids is 1. The van der Waals surface area contributed by atoms with E-state index in [1.807, 2.05) is 12.1 Å². The summed E-state index contributed by atoms with van der Waals surface area (Å²) in [6.45, 7) is 7.27. The van der Waals surface area contributed by atoms with Gasteiger partial charge in [-0.15, -0.1) is 0 Å². The number of carboxylic acid groups (broad SMARTS) is 1. The molecule has 1 amide bonds. The van der Waals surface area contributed by atoms with Crippen LogP contribution in [0.5, 0.6) is 0 Å². The van der Waals surface area contributed by atoms with Crippen molar-refractivity contribution in [2.24, 2.45) is 10.4 Å². The van der Waals surface area contributed by atoms with Crippen molar-refractivity contribution in [3.05, 3.63) is 35.6 Å². The van der Waals surface area contributed by atoms with Crippen LogP contribution in [0.2, 0.25) is 0 Å². The zero-order chi connectivity index (χ0) is 24.9. The zero-order valence-corrected chi connectivity index (χ0v) is 21.3. The van der Waals surface area contributed by atoms with Gasteiger partial charge in [-0.1, -0.05) is 23.9 Å². The molecule has 9 heteroatoms. The van der Waals surface area contributed by atoms with Crippen molar-refractivity contribution in [1.82, 2.24) is 10.2 Å². The number of aliphatic carboxylic acids is 1. The standard InChI is InChI=1S/C25H36FN3O4S/c1-24(2,3)33-23(32)28-22(34-4)27-16-25(21(30)31)12-9-20(15-25)29-13-10-18(11-14-29)17-5-7-19(26)8-6-17/h5-8,18,20H,9-16H2,1-4H3,(H,30,31)(H,27,28,32). The molecule has 3 rings (SSSR count). The Morgan fingerprint density at radius 3 is 2.44 bits per heavy atom. The van der Waals surface area contributed by atoms with Gasteiger partial charge in [0.15, 0.2) is 5.17 Å². The summed E-state index contributed by atoms with van der Waals surface area (Å²) in [4.78, 5) is 31.2. The Bertz CT molecular complexity index is 894. The SMILES string of the molecule is CSC(=NCC1(C(=O)O)CCC(N2CCC(c3ccc(F)cc3)CC2)C1)NC(=O)OC(C)(C)C. The van der Waals surface area contributed by atoms with Crippen LogP contribution in [0.3, 0.4) is 0 Å². The van der Waals surface area contributed by atoms with Crippen LogP contribution in [0.1, 0.15) is 64.4 Å². The van der Waals surface area contributed by atoms with Gasteiger partial charge in [0, 0.05) is 6.04 Å². The lowest BCUT2D eigenvalue weighted by Gasteiger charge is -2.37. The summed E-state index contributed by atoms with van der Waals surface area (Å²) in [7, 11) is 0. The average Bonchev–Trinajstić information content (AvgIpc) is 3.22. The number of alkyl carbamates (subject to hydrolysis) is 1. The van der Waals surface area contributed by atoms with Crippen LogP contribution in [-0.4, -0.2) is 64.8 Å². The zero-order valence-electron chi connectivity index (χ0n) is 20.5. The number of amidine groups is 1. The minimum atomic E-state index is -0.935. The number of rotatable bonds is 5. The summed E-state index contributed by atoms with van der Waals surface area (Å²) in [5.41, 5.74) is -0.392. The molecule has 2 aliphatic rings. The Hall–Kier alpha value is -2.13. The van der Waals surface area contributed by atoms with Gasteiger partial charge in [-0.25, -0.2) is 9.18 Å². The van der Waals surface area contributed by atoms with E-state index in [2.05, 4.69) is 15.2 Å². The monoisotopic (exact) mass is 493 g/mol. The van der Waals surface area contributed by atoms with Crippen LogP contribution in [-0.2, 0) is 9.53 Å². The highest BCUT2D eigenvalue weighted by molar-refractivity contribution is 8.13. The van der Waals surface area contributed by atoms with Crippen molar-refractivity contribution in [2.45, 2.75) is 70.4 Å². The highest BCUT2D eigenvalue weighted by atomic mass is 32.2. The lowest BCUT2D eigenvalue weighted by molar-refractivity contribution is -0.148. The van der Waals surface area contributed by atoms with E-state index in [-0.39, 0.29) is 18.4 Å². The van der Waals surface area contributed by atoms with E-state index >= 15 is 0 Å². The third-order valence-corrected chi connectivity index (χ3v) is 7.37. The van der Waals surface area contributed by atoms with Gasteiger partial charge in [-0.05, 0) is 95.8 Å². The Kier molecular flexibility index (Phi) is 8.62. The second-order valence-electron chi connectivity index (χ2n) is 10.3. The van der Waals surface area contributed by atoms with Crippen molar-refractivity contribution >= 4 is 29.0 Å². The normalized spacial score (nSPS) is 24.7. The van der Waals surface area contributed by atoms with Gasteiger partial charge in [-0.3, -0.25) is 15.1 Å². The number of nitrogens with zero attached hydrogens (tertiary/aromatic N) is 2. The molecule has 2 fully saturated rings. The number of nitrogens with one attached hydrogen (secondary N) is 1. The van der Waals surface area contributed by atoms with Crippen molar-refractivity contribution in [1.29, 1.82) is 0 Å². The molecule has 0 radical (unpaired) electrons. The summed E-state index contributed by atoms with van der Waals surface area (Å²) in [6.07, 6.45) is 5.07. The Balaban J connectivity index is 1.58. The van der Waals surface area contributed by atoms with Crippen molar-refractivity contribution in [3.8, 4) is 0 Å². The highest BCUT2D eigenvalue weighted by Crippen LogP contribution is 2.43. The van der Waals surface area contributed by atoms with Gasteiger partial charge in [0.25, 0.3) is 0 Å². The Labute approximate surface area is 205 Å². The Morgan fingerprint density at radius 1 is 1.24 bits per heavy atom. The van der Waals surface area contributed by atoms with Gasteiger partial charge in [0.1, 0.15) is 11.4 Å². The Morgan fingerprint density at radius 2 is 1.88 bits per heavy atom. The molecule has 1 saturated heterocycles. The van der Waals surface area contributed by atoms with Gasteiger partial charge >= 0.3 is 12.1 Å². The largest absolute Gasteiger partial charge is 0.481 e. The van der Waals surface area contributed by atoms with Crippen LogP contribution in [0.15, 0.2) is 29.3 Å². The molecule has 1 aliphatic carbocycles. The molecule has 2 atom stereocenters. The number of halogens is 1. The predicted molar refractivity (Wildman–Crippen MR) is 133 cm³/mol. The second-order valence-corrected chi connectivity index (χ2v) is 11.1. The molecule has 0 spiro atoms. The van der Waals surface area contributed by atoms with E-state index in [0.29, 0.717) is 23.9 Å². The minimum absolute atomic E-state index is 0.122. The summed E-state index contributed by atoms with van der Waals surface area (Å²) in [6, 6.07) is 6.97. The quantitative estimate of drug-likeness (QED) is 0.449. The molecule has 2 unspecified atom stereocenters. The lowest BCUT2D eigenvalue weighted by atomic mass is 9.85. The molecule has 188 valence electrons. The van der Waals surface area contributed by atoms with Crippen LogP contribution in [0.25, 0.3) is 0 Å². The minimum Gasteiger partial charge on any atom is -0.481 e. The molecule has 2 N–H and O–H groups in total. The van der Waals surface area contributed by atoms with Crippen molar-refractivity contribution in [2.75, 3.05) is 25.9 Å². The van der Waals surface area contributed by atoms with E-state index in [9.17, 15) is 19.1 Å². The number of ether oxygens (including phenoxy) is 1. The number of aliphatic imine (C=N–C) groups is 1. The number of amides is 1. The van der Waals surface area contributed by atoms with E-state index in [0.717, 1.165) is 32.4 Å². The number of piperidine rings is 1. The van der Waals surface area contributed by atoms with Crippen LogP contribution >= 0.6 is 11.8 Å². The molecule has 1 aromatic carbocycles. The first-order valence-corrected chi connectivity index (χ1v) is 13.1. The smallest absolute Gasteiger partial charge is 0.413 e. The molecule has 1 saturated carbocycles. The number of carbonyl (C=O) groups is 2. The fourth-order valence-corrected chi connectivity index (χ4v) is 5.30. The number of carbonyl (C=O) groups excluding carboxylic acids is 1. The number of hydrogen-bond acceptors (Lipinski definition) is 6. The first-order chi connectivity index (χ1) is 16.0. The van der Waals surface area contributed by atoms with Gasteiger partial charge < -0.3 is 14.7 Å². The summed E-state index contributed by atoms with van der Waals surface area (Å²) in [5.74, 6) is -0.640. The summed E-state index contributed by atoms with van der Waals surface area (Å²) < 4.78 is 18.5. The fraction of sp³-hybridized carbons (Fsp3) is 0.640. The maximum Gasteiger partial charge on any atom is 0.413 e. The third-order valence-electron chi connectivity index (χ3n) is 6.75. The van der Waals surface area contributed by atoms with Crippen LogP contribution < -0.4 is 5.32 Å². The number of hydrogen-bond donors (Lipinski definition) is 2. The summed E-state index contributed by atoms with van der Waals surface area (Å²) in [5, 5.41) is 13.1. The number of benzene rings is 1. The van der Waals surface area contributed by atoms with E-state index in [1.54, 1.807) is 27.0 Å². The highest BCUT2D eigenvalue weighted by Gasteiger charge is 2.47. The predicted octanol–water partition coefficient (Wildman–Crippen LogP) is 4.87. The second kappa shape index (κ2) is 11.1. The van der Waals surface area contributed by atoms with Crippen molar-refractivity contribution in [3.63, 3.8) is 0 Å². The average molecular weight is 494 g/mol. The maximum absolute atomic E-state index is 13.2. The lowest BCUT2D eigenvalue weighted by Crippen LogP contribution is -2.42. The van der Waals surface area contributed by atoms with Gasteiger partial charge in [-0.2, -0.15) is 0 Å². The first kappa shape index (κ1) is 26.5. The maximum atomic E-state index is 13.2. The molecule has 0 bridgehead atoms. The molecule has 0 aromatic heterocycles. The molecule has 7 nitrogen and oxygen atoms in total. The number of thioether (sulfide) groups is 1. The first-order valence-electron chi connectivity index (χ1n) is 11.8. The van der Waals surface area contributed by atoms with Crippen LogP contribution in [0, 0.1) is 11.2 Å². The molecular formula is C25H36FN3O4S. The molecular weight excluding hydrogens is 457 g/mol. The van der Waals surface area contributed by atoms with Gasteiger partial charge in [0.2, 0.25) is 0 Å². The third kappa shape index (κ3) is 6.95. The van der Waals surface area contributed by atoms with Crippen LogP contribution in [0.4, 0.5) is 9.18 Å². The van der Waals surface area contributed by atoms with Crippen molar-refractivity contribution < 1.29 is 23.8 Å². The van der Waals surface area contributed by atoms with E-state index < -0.39 is 23.1 Å². The van der Waals surface area contributed by atoms with Gasteiger partial charge in [0.05, 0.1) is 12.0 Å². The summed E-state index contributed by atoms with van der Waals surface area (Å²) >= 11 is 1.26. The fourth-order valence-electron chi connectivity index (χ4n) is 4.92.